The molecule has 0 radical (unpaired) electrons. The summed E-state index contributed by atoms with van der Waals surface area (Å²) in [5, 5.41) is 6.42. The van der Waals surface area contributed by atoms with Gasteiger partial charge in [-0.2, -0.15) is 4.98 Å². The van der Waals surface area contributed by atoms with Crippen molar-refractivity contribution in [1.29, 1.82) is 0 Å². The third-order valence-corrected chi connectivity index (χ3v) is 3.54. The number of benzene rings is 1. The molecule has 25 heavy (non-hydrogen) atoms. The quantitative estimate of drug-likeness (QED) is 0.707. The number of hydrogen-bond acceptors (Lipinski definition) is 6. The van der Waals surface area contributed by atoms with Gasteiger partial charge in [0, 0.05) is 25.0 Å². The number of pyridine rings is 1. The van der Waals surface area contributed by atoms with Crippen LogP contribution in [0, 0.1) is 0 Å². The number of ether oxygens (including phenoxy) is 1. The summed E-state index contributed by atoms with van der Waals surface area (Å²) in [4.78, 5) is 21.9. The molecule has 8 nitrogen and oxygen atoms in total. The van der Waals surface area contributed by atoms with E-state index in [9.17, 15) is 4.79 Å². The fourth-order valence-electron chi connectivity index (χ4n) is 2.24. The molecule has 0 spiro atoms. The Bertz CT molecular complexity index is 832. The Kier molecular flexibility index (Phi) is 4.89. The molecule has 0 bridgehead atoms. The molecule has 8 heteroatoms. The maximum atomic E-state index is 12.4. The van der Waals surface area contributed by atoms with Gasteiger partial charge in [0.1, 0.15) is 18.2 Å². The largest absolute Gasteiger partial charge is 0.489 e. The summed E-state index contributed by atoms with van der Waals surface area (Å²) < 4.78 is 5.70. The predicted molar refractivity (Wildman–Crippen MR) is 91.6 cm³/mol. The van der Waals surface area contributed by atoms with Gasteiger partial charge in [0.2, 0.25) is 5.95 Å². The number of H-pyrrole nitrogens is 1. The highest BCUT2D eigenvalue weighted by Gasteiger charge is 2.14. The van der Waals surface area contributed by atoms with Gasteiger partial charge in [-0.25, -0.2) is 0 Å². The van der Waals surface area contributed by atoms with Crippen molar-refractivity contribution in [2.24, 2.45) is 0 Å². The summed E-state index contributed by atoms with van der Waals surface area (Å²) >= 11 is 0. The van der Waals surface area contributed by atoms with E-state index in [4.69, 9.17) is 10.5 Å². The van der Waals surface area contributed by atoms with E-state index in [1.807, 2.05) is 12.1 Å². The van der Waals surface area contributed by atoms with Crippen LogP contribution >= 0.6 is 0 Å². The normalized spacial score (nSPS) is 10.4. The monoisotopic (exact) mass is 338 g/mol. The molecule has 0 atom stereocenters. The standard InChI is InChI=1S/C17H18N6O2/c1-23(10-15-20-17(18)22-21-15)16(24)13-2-4-14(5-3-13)25-11-12-6-8-19-9-7-12/h2-9H,10-11H2,1H3,(H3,18,20,21,22). The molecule has 1 aromatic carbocycles. The molecule has 0 unspecified atom stereocenters. The van der Waals surface area contributed by atoms with Gasteiger partial charge >= 0.3 is 0 Å². The van der Waals surface area contributed by atoms with Crippen LogP contribution in [0.15, 0.2) is 48.8 Å². The zero-order valence-electron chi connectivity index (χ0n) is 13.7. The number of anilines is 1. The van der Waals surface area contributed by atoms with Crippen LogP contribution in [0.1, 0.15) is 21.7 Å². The van der Waals surface area contributed by atoms with Crippen molar-refractivity contribution in [3.8, 4) is 5.75 Å². The Morgan fingerprint density at radius 1 is 1.20 bits per heavy atom. The van der Waals surface area contributed by atoms with Gasteiger partial charge in [-0.3, -0.25) is 14.9 Å². The molecule has 0 aliphatic carbocycles. The number of nitrogens with one attached hydrogen (secondary N) is 1. The predicted octanol–water partition coefficient (Wildman–Crippen LogP) is 1.63. The molecular weight excluding hydrogens is 320 g/mol. The summed E-state index contributed by atoms with van der Waals surface area (Å²) in [5.74, 6) is 1.26. The third kappa shape index (κ3) is 4.31. The Labute approximate surface area is 144 Å². The average molecular weight is 338 g/mol. The van der Waals surface area contributed by atoms with Crippen LogP contribution < -0.4 is 10.5 Å². The Balaban J connectivity index is 1.58. The Hall–Kier alpha value is -3.42. The Morgan fingerprint density at radius 2 is 1.92 bits per heavy atom. The molecule has 2 aromatic heterocycles. The number of aromatic nitrogens is 4. The van der Waals surface area contributed by atoms with Crippen molar-refractivity contribution >= 4 is 11.9 Å². The number of nitrogens with zero attached hydrogens (tertiary/aromatic N) is 4. The topological polar surface area (TPSA) is 110 Å². The molecular formula is C17H18N6O2. The number of carbonyl (C=O) groups is 1. The van der Waals surface area contributed by atoms with Crippen molar-refractivity contribution in [2.75, 3.05) is 12.8 Å². The van der Waals surface area contributed by atoms with Gasteiger partial charge < -0.3 is 15.4 Å². The fourth-order valence-corrected chi connectivity index (χ4v) is 2.24. The van der Waals surface area contributed by atoms with Crippen LogP contribution in [0.4, 0.5) is 5.95 Å². The number of hydrogen-bond donors (Lipinski definition) is 2. The maximum Gasteiger partial charge on any atom is 0.254 e. The number of amides is 1. The first-order valence-corrected chi connectivity index (χ1v) is 7.66. The van der Waals surface area contributed by atoms with Gasteiger partial charge in [0.05, 0.1) is 6.54 Å². The lowest BCUT2D eigenvalue weighted by molar-refractivity contribution is 0.0781. The zero-order chi connectivity index (χ0) is 17.6. The highest BCUT2D eigenvalue weighted by molar-refractivity contribution is 5.94. The van der Waals surface area contributed by atoms with Crippen LogP contribution in [0.25, 0.3) is 0 Å². The zero-order valence-corrected chi connectivity index (χ0v) is 13.7. The minimum Gasteiger partial charge on any atom is -0.489 e. The minimum atomic E-state index is -0.129. The third-order valence-electron chi connectivity index (χ3n) is 3.54. The number of carbonyl (C=O) groups excluding carboxylic acids is 1. The number of nitrogens with two attached hydrogens (primary N) is 1. The lowest BCUT2D eigenvalue weighted by atomic mass is 10.2. The highest BCUT2D eigenvalue weighted by atomic mass is 16.5. The summed E-state index contributed by atoms with van der Waals surface area (Å²) in [6.45, 7) is 0.742. The summed E-state index contributed by atoms with van der Waals surface area (Å²) in [7, 11) is 1.69. The molecule has 0 aliphatic heterocycles. The van der Waals surface area contributed by atoms with E-state index in [-0.39, 0.29) is 11.9 Å². The summed E-state index contributed by atoms with van der Waals surface area (Å²) in [5.41, 5.74) is 7.04. The van der Waals surface area contributed by atoms with E-state index in [1.165, 1.54) is 4.90 Å². The molecule has 0 aliphatic rings. The van der Waals surface area contributed by atoms with Crippen LogP contribution in [-0.2, 0) is 13.2 Å². The molecule has 1 amide bonds. The molecule has 0 fully saturated rings. The first kappa shape index (κ1) is 16.4. The summed E-state index contributed by atoms with van der Waals surface area (Å²) in [6.07, 6.45) is 3.44. The van der Waals surface area contributed by atoms with Crippen LogP contribution in [-0.4, -0.2) is 38.0 Å². The van der Waals surface area contributed by atoms with Gasteiger partial charge in [0.25, 0.3) is 5.91 Å². The van der Waals surface area contributed by atoms with Crippen molar-refractivity contribution in [3.05, 3.63) is 65.7 Å². The van der Waals surface area contributed by atoms with Crippen LogP contribution in [0.2, 0.25) is 0 Å². The minimum absolute atomic E-state index is 0.129. The second-order valence-electron chi connectivity index (χ2n) is 5.47. The van der Waals surface area contributed by atoms with Crippen LogP contribution in [0.3, 0.4) is 0 Å². The van der Waals surface area contributed by atoms with E-state index >= 15 is 0 Å². The van der Waals surface area contributed by atoms with E-state index in [1.54, 1.807) is 43.7 Å². The van der Waals surface area contributed by atoms with Crippen molar-refractivity contribution in [2.45, 2.75) is 13.2 Å². The van der Waals surface area contributed by atoms with Gasteiger partial charge in [0.15, 0.2) is 0 Å². The summed E-state index contributed by atoms with van der Waals surface area (Å²) in [6, 6.07) is 10.8. The second kappa shape index (κ2) is 7.43. The van der Waals surface area contributed by atoms with Crippen molar-refractivity contribution in [1.82, 2.24) is 25.1 Å². The van der Waals surface area contributed by atoms with E-state index in [2.05, 4.69) is 20.2 Å². The van der Waals surface area contributed by atoms with Gasteiger partial charge in [-0.1, -0.05) is 0 Å². The van der Waals surface area contributed by atoms with Crippen molar-refractivity contribution in [3.63, 3.8) is 0 Å². The first-order chi connectivity index (χ1) is 12.1. The lowest BCUT2D eigenvalue weighted by Crippen LogP contribution is -2.26. The number of rotatable bonds is 6. The molecule has 0 saturated carbocycles. The van der Waals surface area contributed by atoms with E-state index in [0.29, 0.717) is 30.3 Å². The van der Waals surface area contributed by atoms with E-state index < -0.39 is 0 Å². The molecule has 3 aromatic rings. The number of aromatic amines is 1. The maximum absolute atomic E-state index is 12.4. The molecule has 2 heterocycles. The molecule has 3 rings (SSSR count). The molecule has 128 valence electrons. The lowest BCUT2D eigenvalue weighted by Gasteiger charge is -2.15. The first-order valence-electron chi connectivity index (χ1n) is 7.66. The Morgan fingerprint density at radius 3 is 2.56 bits per heavy atom. The molecule has 3 N–H and O–H groups in total. The van der Waals surface area contributed by atoms with Crippen LogP contribution in [0.5, 0.6) is 5.75 Å². The van der Waals surface area contributed by atoms with Crippen molar-refractivity contribution < 1.29 is 9.53 Å². The van der Waals surface area contributed by atoms with Gasteiger partial charge in [-0.05, 0) is 42.0 Å². The SMILES string of the molecule is CN(Cc1nc(N)n[nH]1)C(=O)c1ccc(OCc2ccncc2)cc1. The second-order valence-corrected chi connectivity index (χ2v) is 5.47. The highest BCUT2D eigenvalue weighted by Crippen LogP contribution is 2.15. The fraction of sp³-hybridized carbons (Fsp3) is 0.176. The average Bonchev–Trinajstić information content (AvgIpc) is 3.05. The van der Waals surface area contributed by atoms with E-state index in [0.717, 1.165) is 5.56 Å². The number of nitrogen functional groups attached to an aromatic ring is 1. The smallest absolute Gasteiger partial charge is 0.254 e. The van der Waals surface area contributed by atoms with Gasteiger partial charge in [-0.15, -0.1) is 5.10 Å². The molecule has 0 saturated heterocycles.